The molecule has 2 fully saturated rings. The summed E-state index contributed by atoms with van der Waals surface area (Å²) in [6, 6.07) is -0.361. The smallest absolute Gasteiger partial charge is 0.244 e. The number of amides is 2. The van der Waals surface area contributed by atoms with Gasteiger partial charge in [0.1, 0.15) is 6.04 Å². The van der Waals surface area contributed by atoms with Crippen molar-refractivity contribution in [2.45, 2.75) is 24.9 Å². The lowest BCUT2D eigenvalue weighted by Gasteiger charge is -2.31. The van der Waals surface area contributed by atoms with Crippen LogP contribution in [0.4, 0.5) is 0 Å². The van der Waals surface area contributed by atoms with Crippen LogP contribution in [0, 0.1) is 0 Å². The maximum atomic E-state index is 12.4. The number of carbonyl (C=O) groups excluding carboxylic acids is 2. The van der Waals surface area contributed by atoms with Gasteiger partial charge in [-0.25, -0.2) is 0 Å². The number of hydrogen-bond acceptors (Lipinski definition) is 4. The van der Waals surface area contributed by atoms with Gasteiger partial charge in [0, 0.05) is 38.7 Å². The monoisotopic (exact) mass is 271 g/mol. The zero-order chi connectivity index (χ0) is 13.1. The minimum absolute atomic E-state index is 0.0457. The fourth-order valence-corrected chi connectivity index (χ4v) is 3.43. The van der Waals surface area contributed by atoms with Crippen LogP contribution >= 0.6 is 11.8 Å². The molecule has 2 saturated heterocycles. The predicted octanol–water partition coefficient (Wildman–Crippen LogP) is -0.229. The molecule has 0 aliphatic carbocycles. The van der Waals surface area contributed by atoms with Crippen LogP contribution in [0.25, 0.3) is 0 Å². The maximum Gasteiger partial charge on any atom is 0.244 e. The largest absolute Gasteiger partial charge is 0.347 e. The summed E-state index contributed by atoms with van der Waals surface area (Å²) >= 11 is 1.80. The average Bonchev–Trinajstić information content (AvgIpc) is 2.87. The van der Waals surface area contributed by atoms with E-state index >= 15 is 0 Å². The molecule has 6 heteroatoms. The van der Waals surface area contributed by atoms with Crippen LogP contribution in [-0.2, 0) is 9.59 Å². The van der Waals surface area contributed by atoms with Crippen molar-refractivity contribution in [3.05, 3.63) is 0 Å². The first-order chi connectivity index (χ1) is 8.61. The molecule has 2 aliphatic heterocycles. The Balaban J connectivity index is 2.01. The molecule has 2 amide bonds. The highest BCUT2D eigenvalue weighted by molar-refractivity contribution is 7.99. The first-order valence-corrected chi connectivity index (χ1v) is 7.59. The summed E-state index contributed by atoms with van der Waals surface area (Å²) in [5, 5.41) is 3.25. The first kappa shape index (κ1) is 13.7. The first-order valence-electron chi connectivity index (χ1n) is 6.44. The lowest BCUT2D eigenvalue weighted by molar-refractivity contribution is -0.143. The number of thioether (sulfide) groups is 1. The molecular weight excluding hydrogens is 250 g/mol. The molecule has 2 atom stereocenters. The second-order valence-corrected chi connectivity index (χ2v) is 6.15. The molecular formula is C12H21N3O2S. The Hall–Kier alpha value is -0.750. The zero-order valence-electron chi connectivity index (χ0n) is 11.0. The van der Waals surface area contributed by atoms with E-state index in [2.05, 4.69) is 5.32 Å². The summed E-state index contributed by atoms with van der Waals surface area (Å²) in [7, 11) is 3.50. The molecule has 2 unspecified atom stereocenters. The lowest BCUT2D eigenvalue weighted by atomic mass is 10.2. The Morgan fingerprint density at radius 3 is 2.78 bits per heavy atom. The number of rotatable bonds is 2. The van der Waals surface area contributed by atoms with Crippen molar-refractivity contribution in [3.8, 4) is 0 Å². The number of nitrogens with one attached hydrogen (secondary N) is 1. The summed E-state index contributed by atoms with van der Waals surface area (Å²) in [4.78, 5) is 27.8. The fourth-order valence-electron chi connectivity index (χ4n) is 2.51. The van der Waals surface area contributed by atoms with Crippen LogP contribution in [-0.4, -0.2) is 72.4 Å². The molecule has 1 N–H and O–H groups in total. The molecule has 0 aromatic rings. The quantitative estimate of drug-likeness (QED) is 0.754. The van der Waals surface area contributed by atoms with E-state index in [9.17, 15) is 9.59 Å². The Labute approximate surface area is 112 Å². The molecule has 0 aromatic carbocycles. The Bertz CT molecular complexity index is 329. The molecule has 0 spiro atoms. The van der Waals surface area contributed by atoms with Crippen molar-refractivity contribution in [2.75, 3.05) is 38.7 Å². The van der Waals surface area contributed by atoms with Crippen molar-refractivity contribution in [1.82, 2.24) is 15.1 Å². The van der Waals surface area contributed by atoms with Gasteiger partial charge >= 0.3 is 0 Å². The molecule has 0 radical (unpaired) electrons. The van der Waals surface area contributed by atoms with Gasteiger partial charge in [0.05, 0.1) is 6.04 Å². The number of likely N-dealkylation sites (tertiary alicyclic amines) is 1. The molecule has 0 aromatic heterocycles. The second kappa shape index (κ2) is 5.93. The van der Waals surface area contributed by atoms with Crippen LogP contribution in [0.1, 0.15) is 12.8 Å². The van der Waals surface area contributed by atoms with Crippen LogP contribution < -0.4 is 5.32 Å². The van der Waals surface area contributed by atoms with Crippen LogP contribution in [0.5, 0.6) is 0 Å². The van der Waals surface area contributed by atoms with Crippen molar-refractivity contribution < 1.29 is 9.59 Å². The Kier molecular flexibility index (Phi) is 4.50. The van der Waals surface area contributed by atoms with E-state index in [1.165, 1.54) is 0 Å². The van der Waals surface area contributed by atoms with Gasteiger partial charge in [-0.1, -0.05) is 0 Å². The zero-order valence-corrected chi connectivity index (χ0v) is 11.8. The molecule has 2 heterocycles. The lowest BCUT2D eigenvalue weighted by Crippen LogP contribution is -2.54. The van der Waals surface area contributed by atoms with Crippen molar-refractivity contribution in [1.29, 1.82) is 0 Å². The van der Waals surface area contributed by atoms with Crippen LogP contribution in [0.15, 0.2) is 0 Å². The number of likely N-dealkylation sites (N-methyl/N-ethyl adjacent to an activating group) is 1. The Morgan fingerprint density at radius 1 is 1.39 bits per heavy atom. The second-order valence-electron chi connectivity index (χ2n) is 5.00. The molecule has 2 aliphatic rings. The molecule has 5 nitrogen and oxygen atoms in total. The standard InChI is InChI=1S/C12H21N3O2S/c1-14(2)12(17)10-4-3-6-15(10)11(16)9-8-18-7-5-13-9/h9-10,13H,3-8H2,1-2H3. The van der Waals surface area contributed by atoms with Crippen molar-refractivity contribution in [3.63, 3.8) is 0 Å². The third kappa shape index (κ3) is 2.80. The van der Waals surface area contributed by atoms with E-state index in [0.717, 1.165) is 30.9 Å². The van der Waals surface area contributed by atoms with Gasteiger partial charge in [-0.05, 0) is 12.8 Å². The molecule has 102 valence electrons. The van der Waals surface area contributed by atoms with E-state index in [4.69, 9.17) is 0 Å². The highest BCUT2D eigenvalue weighted by Crippen LogP contribution is 2.21. The van der Waals surface area contributed by atoms with Gasteiger partial charge in [0.25, 0.3) is 0 Å². The molecule has 0 saturated carbocycles. The highest BCUT2D eigenvalue weighted by atomic mass is 32.2. The minimum Gasteiger partial charge on any atom is -0.347 e. The maximum absolute atomic E-state index is 12.4. The van der Waals surface area contributed by atoms with E-state index in [1.54, 1.807) is 35.7 Å². The molecule has 18 heavy (non-hydrogen) atoms. The number of nitrogens with zero attached hydrogens (tertiary/aromatic N) is 2. The van der Waals surface area contributed by atoms with E-state index in [-0.39, 0.29) is 23.9 Å². The summed E-state index contributed by atoms with van der Waals surface area (Å²) in [5.41, 5.74) is 0. The summed E-state index contributed by atoms with van der Waals surface area (Å²) in [6.45, 7) is 1.59. The van der Waals surface area contributed by atoms with Gasteiger partial charge in [-0.15, -0.1) is 0 Å². The SMILES string of the molecule is CN(C)C(=O)C1CCCN1C(=O)C1CSCCN1. The third-order valence-electron chi connectivity index (χ3n) is 3.48. The number of hydrogen-bond donors (Lipinski definition) is 1. The average molecular weight is 271 g/mol. The highest BCUT2D eigenvalue weighted by Gasteiger charge is 2.37. The number of carbonyl (C=O) groups is 2. The van der Waals surface area contributed by atoms with Crippen molar-refractivity contribution in [2.24, 2.45) is 0 Å². The van der Waals surface area contributed by atoms with E-state index < -0.39 is 0 Å². The normalized spacial score (nSPS) is 28.2. The van der Waals surface area contributed by atoms with Crippen LogP contribution in [0.3, 0.4) is 0 Å². The van der Waals surface area contributed by atoms with E-state index in [1.807, 2.05) is 0 Å². The van der Waals surface area contributed by atoms with Crippen molar-refractivity contribution >= 4 is 23.6 Å². The molecule has 0 bridgehead atoms. The summed E-state index contributed by atoms with van der Waals surface area (Å²) in [5.74, 6) is 2.02. The van der Waals surface area contributed by atoms with E-state index in [0.29, 0.717) is 6.54 Å². The van der Waals surface area contributed by atoms with Crippen LogP contribution in [0.2, 0.25) is 0 Å². The third-order valence-corrected chi connectivity index (χ3v) is 4.54. The summed E-state index contributed by atoms with van der Waals surface area (Å²) in [6.07, 6.45) is 1.72. The molecule has 2 rings (SSSR count). The van der Waals surface area contributed by atoms with Gasteiger partial charge in [-0.3, -0.25) is 9.59 Å². The summed E-state index contributed by atoms with van der Waals surface area (Å²) < 4.78 is 0. The van der Waals surface area contributed by atoms with Gasteiger partial charge in [0.2, 0.25) is 11.8 Å². The van der Waals surface area contributed by atoms with Gasteiger partial charge in [-0.2, -0.15) is 11.8 Å². The Morgan fingerprint density at radius 2 is 2.17 bits per heavy atom. The van der Waals surface area contributed by atoms with Gasteiger partial charge in [0.15, 0.2) is 0 Å². The topological polar surface area (TPSA) is 52.7 Å². The van der Waals surface area contributed by atoms with Gasteiger partial charge < -0.3 is 15.1 Å². The fraction of sp³-hybridized carbons (Fsp3) is 0.833. The predicted molar refractivity (Wildman–Crippen MR) is 72.5 cm³/mol. The minimum atomic E-state index is -0.249.